The highest BCUT2D eigenvalue weighted by Crippen LogP contribution is 2.40. The van der Waals surface area contributed by atoms with Crippen molar-refractivity contribution < 1.29 is 9.18 Å². The summed E-state index contributed by atoms with van der Waals surface area (Å²) in [5, 5.41) is 4.10. The van der Waals surface area contributed by atoms with E-state index in [4.69, 9.17) is 0 Å². The van der Waals surface area contributed by atoms with Crippen LogP contribution in [0.5, 0.6) is 0 Å². The van der Waals surface area contributed by atoms with Crippen LogP contribution in [0.25, 0.3) is 0 Å². The van der Waals surface area contributed by atoms with E-state index in [2.05, 4.69) is 22.7 Å². The van der Waals surface area contributed by atoms with Gasteiger partial charge in [0.25, 0.3) is 5.91 Å². The number of nitrogens with zero attached hydrogens (tertiary/aromatic N) is 1. The summed E-state index contributed by atoms with van der Waals surface area (Å²) in [6, 6.07) is 5.90. The van der Waals surface area contributed by atoms with Gasteiger partial charge in [-0.15, -0.1) is 0 Å². The second-order valence-electron chi connectivity index (χ2n) is 4.66. The Labute approximate surface area is 104 Å². The summed E-state index contributed by atoms with van der Waals surface area (Å²) in [5.41, 5.74) is 3.47. The van der Waals surface area contributed by atoms with Crippen molar-refractivity contribution in [1.29, 1.82) is 0 Å². The quantitative estimate of drug-likeness (QED) is 0.630. The Hall–Kier alpha value is -1.97. The number of benzene rings is 1. The molecule has 1 N–H and O–H groups in total. The fraction of sp³-hybridized carbons (Fsp3) is 0.286. The Morgan fingerprint density at radius 2 is 2.22 bits per heavy atom. The molecule has 18 heavy (non-hydrogen) atoms. The first-order valence-electron chi connectivity index (χ1n) is 6.03. The van der Waals surface area contributed by atoms with Crippen LogP contribution in [0.2, 0.25) is 0 Å². The van der Waals surface area contributed by atoms with Crippen LogP contribution < -0.4 is 5.43 Å². The largest absolute Gasteiger partial charge is 0.274 e. The summed E-state index contributed by atoms with van der Waals surface area (Å²) >= 11 is 0. The third-order valence-electron chi connectivity index (χ3n) is 3.58. The number of hydrogen-bond donors (Lipinski definition) is 1. The minimum absolute atomic E-state index is 0.0299. The average Bonchev–Trinajstić information content (AvgIpc) is 2.71. The zero-order valence-electron chi connectivity index (χ0n) is 9.77. The van der Waals surface area contributed by atoms with Crippen LogP contribution >= 0.6 is 0 Å². The molecule has 92 valence electrons. The molecular weight excluding hydrogens is 231 g/mol. The molecule has 0 bridgehead atoms. The summed E-state index contributed by atoms with van der Waals surface area (Å²) in [6.45, 7) is 0. The summed E-state index contributed by atoms with van der Waals surface area (Å²) in [7, 11) is 0. The molecule has 0 aromatic heterocycles. The fourth-order valence-corrected chi connectivity index (χ4v) is 2.49. The van der Waals surface area contributed by atoms with Crippen molar-refractivity contribution in [2.24, 2.45) is 16.9 Å². The molecule has 3 rings (SSSR count). The van der Waals surface area contributed by atoms with Gasteiger partial charge in [0.1, 0.15) is 5.82 Å². The Morgan fingerprint density at radius 3 is 3.00 bits per heavy atom. The number of allylic oxidation sites excluding steroid dienone is 2. The Kier molecular flexibility index (Phi) is 2.70. The molecule has 0 saturated heterocycles. The average molecular weight is 244 g/mol. The van der Waals surface area contributed by atoms with Crippen LogP contribution in [0.4, 0.5) is 4.39 Å². The Balaban J connectivity index is 1.66. The maximum absolute atomic E-state index is 13.4. The predicted octanol–water partition coefficient (Wildman–Crippen LogP) is 2.51. The van der Waals surface area contributed by atoms with E-state index >= 15 is 0 Å². The molecule has 1 amide bonds. The van der Waals surface area contributed by atoms with Crippen LogP contribution in [-0.4, -0.2) is 11.6 Å². The highest BCUT2D eigenvalue weighted by atomic mass is 19.1. The van der Waals surface area contributed by atoms with E-state index in [0.717, 1.165) is 18.6 Å². The lowest BCUT2D eigenvalue weighted by Crippen LogP contribution is -2.35. The number of hydrazone groups is 1. The van der Waals surface area contributed by atoms with Crippen LogP contribution in [-0.2, 0) is 0 Å². The van der Waals surface area contributed by atoms with Crippen molar-refractivity contribution in [1.82, 2.24) is 5.43 Å². The minimum Gasteiger partial charge on any atom is -0.267 e. The molecule has 2 atom stereocenters. The van der Waals surface area contributed by atoms with Gasteiger partial charge in [-0.2, -0.15) is 5.10 Å². The van der Waals surface area contributed by atoms with Gasteiger partial charge in [-0.05, 0) is 30.9 Å². The number of carbonyl (C=O) groups is 1. The third-order valence-corrected chi connectivity index (χ3v) is 3.58. The fourth-order valence-electron chi connectivity index (χ4n) is 2.49. The number of rotatable bonds is 2. The van der Waals surface area contributed by atoms with Gasteiger partial charge in [0.2, 0.25) is 0 Å². The number of fused-ring (bicyclic) bond motifs is 1. The predicted molar refractivity (Wildman–Crippen MR) is 66.7 cm³/mol. The monoisotopic (exact) mass is 244 g/mol. The zero-order chi connectivity index (χ0) is 12.5. The molecule has 2 aliphatic rings. The van der Waals surface area contributed by atoms with Gasteiger partial charge in [-0.3, -0.25) is 4.79 Å². The van der Waals surface area contributed by atoms with Gasteiger partial charge < -0.3 is 0 Å². The standard InChI is InChI=1S/C14H13FN2O/c15-12-7-2-1-5-11(12)14(18)17-16-13-8-9-4-3-6-10(9)13/h1-5,7,9-10H,6,8H2,(H,17,18)/b16-13-/t9-,10+/m0/s1. The molecule has 0 unspecified atom stereocenters. The molecule has 0 heterocycles. The summed E-state index contributed by atoms with van der Waals surface area (Å²) < 4.78 is 13.4. The van der Waals surface area contributed by atoms with Gasteiger partial charge in [-0.1, -0.05) is 24.3 Å². The van der Waals surface area contributed by atoms with Gasteiger partial charge in [-0.25, -0.2) is 9.82 Å². The van der Waals surface area contributed by atoms with E-state index < -0.39 is 11.7 Å². The van der Waals surface area contributed by atoms with E-state index in [1.165, 1.54) is 12.1 Å². The van der Waals surface area contributed by atoms with Crippen LogP contribution in [0.3, 0.4) is 0 Å². The van der Waals surface area contributed by atoms with Crippen molar-refractivity contribution >= 4 is 11.6 Å². The molecule has 2 aliphatic carbocycles. The molecule has 1 fully saturated rings. The van der Waals surface area contributed by atoms with Gasteiger partial charge in [0.15, 0.2) is 0 Å². The summed E-state index contributed by atoms with van der Waals surface area (Å²) in [5.74, 6) is 0.0271. The van der Waals surface area contributed by atoms with Crippen molar-refractivity contribution in [2.75, 3.05) is 0 Å². The van der Waals surface area contributed by atoms with Crippen molar-refractivity contribution in [3.8, 4) is 0 Å². The first-order valence-corrected chi connectivity index (χ1v) is 6.03. The molecule has 0 aliphatic heterocycles. The molecule has 1 aromatic carbocycles. The maximum atomic E-state index is 13.4. The smallest absolute Gasteiger partial charge is 0.267 e. The molecule has 0 spiro atoms. The molecule has 1 saturated carbocycles. The number of nitrogens with one attached hydrogen (secondary N) is 1. The van der Waals surface area contributed by atoms with Crippen molar-refractivity contribution in [3.05, 3.63) is 47.8 Å². The van der Waals surface area contributed by atoms with E-state index in [9.17, 15) is 9.18 Å². The lowest BCUT2D eigenvalue weighted by molar-refractivity contribution is 0.0950. The molecule has 1 aromatic rings. The third kappa shape index (κ3) is 1.83. The highest BCUT2D eigenvalue weighted by molar-refractivity contribution is 5.98. The minimum atomic E-state index is -0.524. The molecule has 3 nitrogen and oxygen atoms in total. The van der Waals surface area contributed by atoms with E-state index in [1.807, 2.05) is 0 Å². The lowest BCUT2D eigenvalue weighted by atomic mass is 9.74. The summed E-state index contributed by atoms with van der Waals surface area (Å²) in [4.78, 5) is 11.7. The van der Waals surface area contributed by atoms with Gasteiger partial charge >= 0.3 is 0 Å². The molecular formula is C14H13FN2O. The van der Waals surface area contributed by atoms with Crippen LogP contribution in [0, 0.1) is 17.7 Å². The first-order chi connectivity index (χ1) is 8.75. The second kappa shape index (κ2) is 4.37. The number of hydrogen-bond acceptors (Lipinski definition) is 2. The first kappa shape index (κ1) is 11.1. The van der Waals surface area contributed by atoms with Gasteiger partial charge in [0.05, 0.1) is 5.56 Å². The highest BCUT2D eigenvalue weighted by Gasteiger charge is 2.38. The Bertz CT molecular complexity index is 550. The van der Waals surface area contributed by atoms with Gasteiger partial charge in [0, 0.05) is 11.6 Å². The lowest BCUT2D eigenvalue weighted by Gasteiger charge is -2.31. The Morgan fingerprint density at radius 1 is 1.39 bits per heavy atom. The number of carbonyl (C=O) groups excluding carboxylic acids is 1. The molecule has 0 radical (unpaired) electrons. The second-order valence-corrected chi connectivity index (χ2v) is 4.66. The maximum Gasteiger partial charge on any atom is 0.274 e. The van der Waals surface area contributed by atoms with E-state index in [0.29, 0.717) is 11.8 Å². The molecule has 4 heteroatoms. The van der Waals surface area contributed by atoms with Crippen LogP contribution in [0.15, 0.2) is 41.5 Å². The van der Waals surface area contributed by atoms with Crippen LogP contribution in [0.1, 0.15) is 23.2 Å². The normalized spacial score (nSPS) is 26.8. The SMILES string of the molecule is O=C(N/N=C1/C[C@@H]2C=CC[C@@H]12)c1ccccc1F. The topological polar surface area (TPSA) is 41.5 Å². The van der Waals surface area contributed by atoms with Crippen molar-refractivity contribution in [2.45, 2.75) is 12.8 Å². The number of amides is 1. The zero-order valence-corrected chi connectivity index (χ0v) is 9.77. The van der Waals surface area contributed by atoms with E-state index in [-0.39, 0.29) is 5.56 Å². The summed E-state index contributed by atoms with van der Waals surface area (Å²) in [6.07, 6.45) is 6.25. The van der Waals surface area contributed by atoms with Crippen molar-refractivity contribution in [3.63, 3.8) is 0 Å². The number of halogens is 1. The van der Waals surface area contributed by atoms with E-state index in [1.54, 1.807) is 12.1 Å².